The van der Waals surface area contributed by atoms with E-state index in [9.17, 15) is 0 Å². The van der Waals surface area contributed by atoms with Crippen molar-refractivity contribution in [2.24, 2.45) is 5.92 Å². The van der Waals surface area contributed by atoms with E-state index in [1.165, 1.54) is 85.4 Å². The molecule has 1 fully saturated rings. The largest absolute Gasteiger partial charge is 0.288 e. The van der Waals surface area contributed by atoms with Gasteiger partial charge in [0.15, 0.2) is 11.6 Å². The molecule has 0 amide bonds. The molecule has 7 aromatic rings. The first kappa shape index (κ1) is 54.6. The van der Waals surface area contributed by atoms with E-state index < -0.39 is 0 Å². The zero-order valence-electron chi connectivity index (χ0n) is 45.6. The summed E-state index contributed by atoms with van der Waals surface area (Å²) < 4.78 is 0. The van der Waals surface area contributed by atoms with E-state index in [2.05, 4.69) is 202 Å². The Morgan fingerprint density at radius 3 is 1.01 bits per heavy atom. The Bertz CT molecular complexity index is 3220. The van der Waals surface area contributed by atoms with Gasteiger partial charge in [0.05, 0.1) is 0 Å². The van der Waals surface area contributed by atoms with E-state index in [1.54, 1.807) is 35.3 Å². The van der Waals surface area contributed by atoms with Crippen LogP contribution in [0.5, 0.6) is 0 Å². The third-order valence-corrected chi connectivity index (χ3v) is 19.2. The highest BCUT2D eigenvalue weighted by Gasteiger charge is 2.38. The van der Waals surface area contributed by atoms with E-state index in [-0.39, 0.29) is 27.8 Å². The fourth-order valence-corrected chi connectivity index (χ4v) is 14.1. The van der Waals surface area contributed by atoms with Crippen LogP contribution in [0, 0.1) is 17.8 Å². The van der Waals surface area contributed by atoms with Crippen LogP contribution in [0.2, 0.25) is 0 Å². The molecule has 9 rings (SSSR count). The molecule has 0 saturated heterocycles. The van der Waals surface area contributed by atoms with E-state index in [4.69, 9.17) is 0 Å². The van der Waals surface area contributed by atoms with Crippen molar-refractivity contribution < 1.29 is 9.59 Å². The van der Waals surface area contributed by atoms with Crippen molar-refractivity contribution in [3.8, 4) is 11.8 Å². The normalized spacial score (nSPS) is 15.8. The van der Waals surface area contributed by atoms with Gasteiger partial charge in [-0.2, -0.15) is 0 Å². The van der Waals surface area contributed by atoms with Crippen molar-refractivity contribution in [1.29, 1.82) is 0 Å². The molecule has 2 aliphatic carbocycles. The van der Waals surface area contributed by atoms with Crippen LogP contribution in [0.1, 0.15) is 192 Å². The summed E-state index contributed by atoms with van der Waals surface area (Å²) in [5.74, 6) is 8.12. The van der Waals surface area contributed by atoms with Crippen LogP contribution in [-0.4, -0.2) is 11.6 Å². The second kappa shape index (κ2) is 23.2. The van der Waals surface area contributed by atoms with Crippen LogP contribution in [0.25, 0.3) is 0 Å². The Morgan fingerprint density at radius 2 is 0.707 bits per heavy atom. The van der Waals surface area contributed by atoms with E-state index in [1.807, 2.05) is 24.3 Å². The first-order chi connectivity index (χ1) is 35.8. The van der Waals surface area contributed by atoms with Crippen molar-refractivity contribution in [2.75, 3.05) is 0 Å². The predicted octanol–water partition coefficient (Wildman–Crippen LogP) is 20.2. The number of unbranched alkanes of at least 4 members (excludes halogenated alkanes) is 2. The Hall–Kier alpha value is -5.16. The lowest BCUT2D eigenvalue weighted by Gasteiger charge is -2.29. The minimum absolute atomic E-state index is 0.00191. The van der Waals surface area contributed by atoms with E-state index in [0.717, 1.165) is 56.2 Å². The summed E-state index contributed by atoms with van der Waals surface area (Å²) >= 11 is 6.17. The van der Waals surface area contributed by atoms with Crippen molar-refractivity contribution in [3.05, 3.63) is 201 Å². The number of carbonyl (C=O) groups excluding carboxylic acids is 2. The van der Waals surface area contributed by atoms with Gasteiger partial charge in [0.1, 0.15) is 0 Å². The molecule has 2 aliphatic rings. The zero-order chi connectivity index (χ0) is 53.1. The fourth-order valence-electron chi connectivity index (χ4n) is 10.3. The van der Waals surface area contributed by atoms with Crippen LogP contribution in [0.4, 0.5) is 0 Å². The summed E-state index contributed by atoms with van der Waals surface area (Å²) in [7, 11) is 0. The first-order valence-corrected chi connectivity index (χ1v) is 30.3. The van der Waals surface area contributed by atoms with Gasteiger partial charge in [-0.25, -0.2) is 0 Å². The van der Waals surface area contributed by atoms with Gasteiger partial charge in [-0.1, -0.05) is 202 Å². The lowest BCUT2D eigenvalue weighted by Crippen LogP contribution is -2.24. The average molecular weight is 1060 g/mol. The summed E-state index contributed by atoms with van der Waals surface area (Å²) in [5.41, 5.74) is 8.98. The molecule has 0 heterocycles. The van der Waals surface area contributed by atoms with E-state index >= 15 is 9.59 Å². The molecule has 0 aliphatic heterocycles. The maximum absolute atomic E-state index is 15.8. The van der Waals surface area contributed by atoms with E-state index in [0.29, 0.717) is 28.2 Å². The number of ketones is 2. The zero-order valence-corrected chi connectivity index (χ0v) is 48.9. The number of rotatable bonds is 13. The molecule has 6 heteroatoms. The molecular weight excluding hydrogens is 989 g/mol. The molecule has 0 atom stereocenters. The molecule has 0 radical (unpaired) electrons. The maximum atomic E-state index is 15.8. The molecular formula is C69H72O2S4. The average Bonchev–Trinajstić information content (AvgIpc) is 3.39. The second-order valence-electron chi connectivity index (χ2n) is 23.6. The number of hydrogen-bond donors (Lipinski definition) is 0. The molecule has 7 aromatic carbocycles. The molecule has 0 spiro atoms. The standard InChI is InChI=1S/C69H72O2S4/c1-11-12-13-14-45-17-23-48(24-18-45)49-25-19-46(20-26-49)15-16-47-21-33-53(34-22-47)72-57-41-42-58(73-54-35-27-50(28-36-54)67(2,3)4)62-61(57)65(70)63-59(74-55-37-29-51(30-38-55)68(5,6)7)43-44-60(64(63)66(62)71)75-56-39-31-52(32-40-56)69(8,9)10/h19-22,25-45,48H,11-14,17-18,23-24H2,1-10H3. The van der Waals surface area contributed by atoms with Crippen molar-refractivity contribution in [1.82, 2.24) is 0 Å². The van der Waals surface area contributed by atoms with Gasteiger partial charge in [-0.3, -0.25) is 9.59 Å². The topological polar surface area (TPSA) is 34.1 Å². The van der Waals surface area contributed by atoms with Gasteiger partial charge < -0.3 is 0 Å². The maximum Gasteiger partial charge on any atom is 0.196 e. The number of hydrogen-bond acceptors (Lipinski definition) is 6. The highest BCUT2D eigenvalue weighted by atomic mass is 32.2. The van der Waals surface area contributed by atoms with Crippen molar-refractivity contribution in [3.63, 3.8) is 0 Å². The molecule has 0 unspecified atom stereocenters. The van der Waals surface area contributed by atoms with Crippen molar-refractivity contribution in [2.45, 2.75) is 182 Å². The molecule has 1 saturated carbocycles. The summed E-state index contributed by atoms with van der Waals surface area (Å²) in [4.78, 5) is 38.7. The predicted molar refractivity (Wildman–Crippen MR) is 319 cm³/mol. The Balaban J connectivity index is 1.04. The summed E-state index contributed by atoms with van der Waals surface area (Å²) in [6.45, 7) is 22.2. The molecule has 384 valence electrons. The van der Waals surface area contributed by atoms with Crippen LogP contribution >= 0.6 is 47.0 Å². The Kier molecular flexibility index (Phi) is 16.9. The van der Waals surface area contributed by atoms with Gasteiger partial charge in [-0.05, 0) is 173 Å². The first-order valence-electron chi connectivity index (χ1n) is 27.0. The smallest absolute Gasteiger partial charge is 0.196 e. The number of fused-ring (bicyclic) bond motifs is 2. The molecule has 75 heavy (non-hydrogen) atoms. The van der Waals surface area contributed by atoms with Crippen LogP contribution < -0.4 is 0 Å². The number of benzene rings is 7. The molecule has 0 N–H and O–H groups in total. The summed E-state index contributed by atoms with van der Waals surface area (Å²) in [6.07, 6.45) is 10.7. The Labute approximate surface area is 465 Å². The molecule has 2 nitrogen and oxygen atoms in total. The van der Waals surface area contributed by atoms with Crippen LogP contribution in [-0.2, 0) is 16.2 Å². The summed E-state index contributed by atoms with van der Waals surface area (Å²) in [6, 6.07) is 51.2. The Morgan fingerprint density at radius 1 is 0.400 bits per heavy atom. The van der Waals surface area contributed by atoms with Gasteiger partial charge >= 0.3 is 0 Å². The molecule has 0 bridgehead atoms. The van der Waals surface area contributed by atoms with Crippen LogP contribution in [0.3, 0.4) is 0 Å². The fraction of sp³-hybridized carbons (Fsp3) is 0.333. The van der Waals surface area contributed by atoms with Gasteiger partial charge in [-0.15, -0.1) is 0 Å². The lowest BCUT2D eigenvalue weighted by molar-refractivity contribution is 0.0970. The summed E-state index contributed by atoms with van der Waals surface area (Å²) in [5, 5.41) is 0. The molecule has 0 aromatic heterocycles. The van der Waals surface area contributed by atoms with Crippen molar-refractivity contribution >= 4 is 58.6 Å². The highest BCUT2D eigenvalue weighted by Crippen LogP contribution is 2.49. The quantitative estimate of drug-likeness (QED) is 0.0846. The third kappa shape index (κ3) is 13.2. The van der Waals surface area contributed by atoms with Gasteiger partial charge in [0, 0.05) is 72.5 Å². The van der Waals surface area contributed by atoms with Gasteiger partial charge in [0.2, 0.25) is 0 Å². The van der Waals surface area contributed by atoms with Crippen LogP contribution in [0.15, 0.2) is 185 Å². The minimum Gasteiger partial charge on any atom is -0.288 e. The number of carbonyl (C=O) groups is 2. The highest BCUT2D eigenvalue weighted by molar-refractivity contribution is 8.00. The third-order valence-electron chi connectivity index (χ3n) is 14.9. The lowest BCUT2D eigenvalue weighted by atomic mass is 9.77. The second-order valence-corrected chi connectivity index (χ2v) is 28.1. The monoisotopic (exact) mass is 1060 g/mol. The minimum atomic E-state index is -0.129. The SMILES string of the molecule is CCCCCC1CCC(c2ccc(C#Cc3ccc(Sc4ccc(Sc5ccc(C(C)(C)C)cc5)c5c4C(=O)c4c(Sc6ccc(C(C)(C)C)cc6)ccc(Sc6ccc(C(C)(C)C)cc6)c4C5=O)cc3)cc2)CC1. The van der Waals surface area contributed by atoms with Gasteiger partial charge in [0.25, 0.3) is 0 Å².